The van der Waals surface area contributed by atoms with Crippen LogP contribution >= 0.6 is 15.9 Å². The maximum absolute atomic E-state index is 11.8. The SMILES string of the molecule is COc1cc(Br)cc(/C=N/NC(=O)C(=O)Nc2ccc(C)cc2)c1O. The third-order valence-electron chi connectivity index (χ3n) is 3.17. The number of methoxy groups -OCH3 is 1. The maximum Gasteiger partial charge on any atom is 0.329 e. The van der Waals surface area contributed by atoms with Gasteiger partial charge in [-0.1, -0.05) is 33.6 Å². The van der Waals surface area contributed by atoms with E-state index in [-0.39, 0.29) is 11.5 Å². The molecule has 0 aliphatic heterocycles. The topological polar surface area (TPSA) is 100 Å². The lowest BCUT2D eigenvalue weighted by Gasteiger charge is -2.07. The van der Waals surface area contributed by atoms with Crippen molar-refractivity contribution in [1.82, 2.24) is 5.43 Å². The van der Waals surface area contributed by atoms with Crippen LogP contribution in [0.15, 0.2) is 46.0 Å². The van der Waals surface area contributed by atoms with E-state index in [0.29, 0.717) is 15.7 Å². The highest BCUT2D eigenvalue weighted by molar-refractivity contribution is 9.10. The highest BCUT2D eigenvalue weighted by Gasteiger charge is 2.13. The second-order valence-corrected chi connectivity index (χ2v) is 5.98. The molecule has 0 unspecified atom stereocenters. The van der Waals surface area contributed by atoms with Gasteiger partial charge in [-0.25, -0.2) is 5.43 Å². The number of carbonyl (C=O) groups excluding carboxylic acids is 2. The molecule has 0 saturated heterocycles. The second-order valence-electron chi connectivity index (χ2n) is 5.07. The number of nitrogens with one attached hydrogen (secondary N) is 2. The summed E-state index contributed by atoms with van der Waals surface area (Å²) in [5.41, 5.74) is 3.95. The number of phenolic OH excluding ortho intramolecular Hbond substituents is 1. The van der Waals surface area contributed by atoms with Gasteiger partial charge in [0.15, 0.2) is 11.5 Å². The van der Waals surface area contributed by atoms with Crippen LogP contribution in [0.5, 0.6) is 11.5 Å². The molecule has 0 radical (unpaired) electrons. The second kappa shape index (κ2) is 8.29. The minimum Gasteiger partial charge on any atom is -0.504 e. The van der Waals surface area contributed by atoms with Gasteiger partial charge in [-0.3, -0.25) is 9.59 Å². The van der Waals surface area contributed by atoms with E-state index in [1.807, 2.05) is 19.1 Å². The molecular formula is C17H16BrN3O4. The van der Waals surface area contributed by atoms with Crippen molar-refractivity contribution < 1.29 is 19.4 Å². The lowest BCUT2D eigenvalue weighted by molar-refractivity contribution is -0.136. The van der Waals surface area contributed by atoms with E-state index in [1.54, 1.807) is 24.3 Å². The first-order chi connectivity index (χ1) is 11.9. The van der Waals surface area contributed by atoms with E-state index >= 15 is 0 Å². The molecule has 130 valence electrons. The first-order valence-electron chi connectivity index (χ1n) is 7.18. The molecule has 3 N–H and O–H groups in total. The van der Waals surface area contributed by atoms with Crippen LogP contribution in [0.25, 0.3) is 0 Å². The molecule has 2 aromatic carbocycles. The van der Waals surface area contributed by atoms with Crippen molar-refractivity contribution in [2.75, 3.05) is 12.4 Å². The molecule has 0 heterocycles. The predicted molar refractivity (Wildman–Crippen MR) is 97.9 cm³/mol. The van der Waals surface area contributed by atoms with Crippen LogP contribution in [0.2, 0.25) is 0 Å². The Hall–Kier alpha value is -2.87. The number of benzene rings is 2. The van der Waals surface area contributed by atoms with Gasteiger partial charge in [0.1, 0.15) is 0 Å². The average molecular weight is 406 g/mol. The Kier molecular flexibility index (Phi) is 6.13. The molecule has 2 aromatic rings. The zero-order valence-electron chi connectivity index (χ0n) is 13.5. The number of anilines is 1. The Bertz CT molecular complexity index is 819. The van der Waals surface area contributed by atoms with Crippen LogP contribution in [-0.4, -0.2) is 30.2 Å². The van der Waals surface area contributed by atoms with Crippen LogP contribution in [0.1, 0.15) is 11.1 Å². The zero-order chi connectivity index (χ0) is 18.4. The Labute approximate surface area is 152 Å². The van der Waals surface area contributed by atoms with Crippen LogP contribution in [-0.2, 0) is 9.59 Å². The Morgan fingerprint density at radius 2 is 1.88 bits per heavy atom. The van der Waals surface area contributed by atoms with Crippen molar-refractivity contribution in [2.24, 2.45) is 5.10 Å². The van der Waals surface area contributed by atoms with Gasteiger partial charge < -0.3 is 15.2 Å². The summed E-state index contributed by atoms with van der Waals surface area (Å²) >= 11 is 3.27. The van der Waals surface area contributed by atoms with Gasteiger partial charge in [0.25, 0.3) is 0 Å². The maximum atomic E-state index is 11.8. The first kappa shape index (κ1) is 18.5. The van der Waals surface area contributed by atoms with Gasteiger partial charge in [0.05, 0.1) is 13.3 Å². The first-order valence-corrected chi connectivity index (χ1v) is 7.97. The molecule has 0 aliphatic rings. The third kappa shape index (κ3) is 5.05. The number of hydrogen-bond acceptors (Lipinski definition) is 5. The summed E-state index contributed by atoms with van der Waals surface area (Å²) in [5.74, 6) is -1.66. The number of rotatable bonds is 4. The average Bonchev–Trinajstić information content (AvgIpc) is 2.59. The number of carbonyl (C=O) groups is 2. The monoisotopic (exact) mass is 405 g/mol. The largest absolute Gasteiger partial charge is 0.504 e. The number of halogens is 1. The smallest absolute Gasteiger partial charge is 0.329 e. The van der Waals surface area contributed by atoms with Crippen LogP contribution in [0, 0.1) is 6.92 Å². The fourth-order valence-electron chi connectivity index (χ4n) is 1.88. The highest BCUT2D eigenvalue weighted by Crippen LogP contribution is 2.32. The summed E-state index contributed by atoms with van der Waals surface area (Å²) in [6.07, 6.45) is 1.21. The number of ether oxygens (including phenoxy) is 1. The summed E-state index contributed by atoms with van der Waals surface area (Å²) in [4.78, 5) is 23.5. The molecule has 8 heteroatoms. The molecule has 0 atom stereocenters. The quantitative estimate of drug-likeness (QED) is 0.413. The number of hydrogen-bond donors (Lipinski definition) is 3. The van der Waals surface area contributed by atoms with E-state index in [4.69, 9.17) is 4.74 Å². The van der Waals surface area contributed by atoms with Gasteiger partial charge in [-0.15, -0.1) is 0 Å². The minimum atomic E-state index is -0.932. The summed E-state index contributed by atoms with van der Waals surface area (Å²) < 4.78 is 5.67. The lowest BCUT2D eigenvalue weighted by Crippen LogP contribution is -2.32. The molecular weight excluding hydrogens is 390 g/mol. The van der Waals surface area contributed by atoms with Crippen molar-refractivity contribution in [3.8, 4) is 11.5 Å². The molecule has 2 rings (SSSR count). The molecule has 0 saturated carbocycles. The molecule has 7 nitrogen and oxygen atoms in total. The Balaban J connectivity index is 1.99. The molecule has 0 bridgehead atoms. The summed E-state index contributed by atoms with van der Waals surface area (Å²) in [6.45, 7) is 1.92. The van der Waals surface area contributed by atoms with Crippen molar-refractivity contribution in [1.29, 1.82) is 0 Å². The predicted octanol–water partition coefficient (Wildman–Crippen LogP) is 2.56. The number of hydrazone groups is 1. The van der Waals surface area contributed by atoms with E-state index in [1.165, 1.54) is 13.3 Å². The van der Waals surface area contributed by atoms with Crippen LogP contribution < -0.4 is 15.5 Å². The highest BCUT2D eigenvalue weighted by atomic mass is 79.9. The molecule has 0 fully saturated rings. The van der Waals surface area contributed by atoms with Gasteiger partial charge in [-0.05, 0) is 31.2 Å². The Morgan fingerprint density at radius 3 is 2.52 bits per heavy atom. The molecule has 0 spiro atoms. The fourth-order valence-corrected chi connectivity index (χ4v) is 2.34. The number of amides is 2. The van der Waals surface area contributed by atoms with Crippen LogP contribution in [0.4, 0.5) is 5.69 Å². The van der Waals surface area contributed by atoms with Gasteiger partial charge in [0.2, 0.25) is 0 Å². The number of phenols is 1. The van der Waals surface area contributed by atoms with Crippen molar-refractivity contribution >= 4 is 39.6 Å². The summed E-state index contributed by atoms with van der Waals surface area (Å²) in [5, 5.41) is 16.1. The van der Waals surface area contributed by atoms with E-state index in [0.717, 1.165) is 5.56 Å². The molecule has 2 amide bonds. The normalized spacial score (nSPS) is 10.5. The fraction of sp³-hybridized carbons (Fsp3) is 0.118. The van der Waals surface area contributed by atoms with Gasteiger partial charge in [-0.2, -0.15) is 5.10 Å². The van der Waals surface area contributed by atoms with Crippen molar-refractivity contribution in [2.45, 2.75) is 6.92 Å². The van der Waals surface area contributed by atoms with Crippen molar-refractivity contribution in [3.05, 3.63) is 52.0 Å². The lowest BCUT2D eigenvalue weighted by atomic mass is 10.2. The standard InChI is InChI=1S/C17H16BrN3O4/c1-10-3-5-13(6-4-10)20-16(23)17(24)21-19-9-11-7-12(18)8-14(25-2)15(11)22/h3-9,22H,1-2H3,(H,20,23)(H,21,24)/b19-9+. The molecule has 25 heavy (non-hydrogen) atoms. The minimum absolute atomic E-state index is 0.132. The van der Waals surface area contributed by atoms with E-state index in [2.05, 4.69) is 31.8 Å². The number of aromatic hydroxyl groups is 1. The van der Waals surface area contributed by atoms with E-state index in [9.17, 15) is 14.7 Å². The zero-order valence-corrected chi connectivity index (χ0v) is 15.1. The summed E-state index contributed by atoms with van der Waals surface area (Å²) in [7, 11) is 1.42. The van der Waals surface area contributed by atoms with Gasteiger partial charge >= 0.3 is 11.8 Å². The molecule has 0 aliphatic carbocycles. The Morgan fingerprint density at radius 1 is 1.20 bits per heavy atom. The summed E-state index contributed by atoms with van der Waals surface area (Å²) in [6, 6.07) is 10.2. The third-order valence-corrected chi connectivity index (χ3v) is 3.63. The molecule has 0 aromatic heterocycles. The van der Waals surface area contributed by atoms with E-state index < -0.39 is 11.8 Å². The van der Waals surface area contributed by atoms with Crippen LogP contribution in [0.3, 0.4) is 0 Å². The number of aryl methyl sites for hydroxylation is 1. The van der Waals surface area contributed by atoms with Crippen molar-refractivity contribution in [3.63, 3.8) is 0 Å². The number of nitrogens with zero attached hydrogens (tertiary/aromatic N) is 1. The van der Waals surface area contributed by atoms with Gasteiger partial charge in [0, 0.05) is 15.7 Å².